The average Bonchev–Trinajstić information content (AvgIpc) is 2.31. The highest BCUT2D eigenvalue weighted by Gasteiger charge is 2.25. The predicted octanol–water partition coefficient (Wildman–Crippen LogP) is 0.294. The van der Waals surface area contributed by atoms with Crippen LogP contribution in [0.1, 0.15) is 20.8 Å². The van der Waals surface area contributed by atoms with Crippen LogP contribution < -0.4 is 5.32 Å². The predicted molar refractivity (Wildman–Crippen MR) is 43.2 cm³/mol. The normalized spacial score (nSPS) is 23.2. The van der Waals surface area contributed by atoms with Gasteiger partial charge in [0.2, 0.25) is 5.71 Å². The van der Waals surface area contributed by atoms with Crippen molar-refractivity contribution in [2.75, 3.05) is 13.2 Å². The molecule has 0 aromatic carbocycles. The van der Waals surface area contributed by atoms with Gasteiger partial charge in [0.15, 0.2) is 11.9 Å². The summed E-state index contributed by atoms with van der Waals surface area (Å²) >= 11 is 0. The van der Waals surface area contributed by atoms with Gasteiger partial charge >= 0.3 is 0 Å². The number of hydrogen-bond acceptors (Lipinski definition) is 2. The van der Waals surface area contributed by atoms with Gasteiger partial charge in [-0.15, -0.1) is 5.01 Å². The van der Waals surface area contributed by atoms with E-state index in [2.05, 4.69) is 22.3 Å². The molecule has 1 rings (SSSR count). The standard InChI is InChI=1S/C7H15N4/c1-6(2)9-10-11-5-8-4-7(11)3/h7-8H,4-5H2,1-3H3/q+1. The molecule has 0 amide bonds. The van der Waals surface area contributed by atoms with Crippen LogP contribution in [0.25, 0.3) is 0 Å². The molecular formula is C7H15N4+. The van der Waals surface area contributed by atoms with Crippen LogP contribution in [0.3, 0.4) is 0 Å². The second kappa shape index (κ2) is 3.51. The summed E-state index contributed by atoms with van der Waals surface area (Å²) < 4.78 is 0. The lowest BCUT2D eigenvalue weighted by Gasteiger charge is -2.01. The molecule has 1 fully saturated rings. The van der Waals surface area contributed by atoms with Gasteiger partial charge < -0.3 is 0 Å². The van der Waals surface area contributed by atoms with Crippen molar-refractivity contribution in [2.45, 2.75) is 26.8 Å². The first kappa shape index (κ1) is 8.24. The molecule has 1 unspecified atom stereocenters. The smallest absolute Gasteiger partial charge is 0.206 e. The van der Waals surface area contributed by atoms with Crippen LogP contribution in [0, 0.1) is 0 Å². The highest BCUT2D eigenvalue weighted by Crippen LogP contribution is 2.01. The zero-order valence-electron chi connectivity index (χ0n) is 7.33. The van der Waals surface area contributed by atoms with E-state index < -0.39 is 0 Å². The van der Waals surface area contributed by atoms with E-state index in [4.69, 9.17) is 0 Å². The maximum Gasteiger partial charge on any atom is 0.206 e. The first-order valence-electron chi connectivity index (χ1n) is 3.89. The van der Waals surface area contributed by atoms with Gasteiger partial charge in [0, 0.05) is 20.4 Å². The minimum absolute atomic E-state index is 0.470. The third-order valence-electron chi connectivity index (χ3n) is 1.58. The van der Waals surface area contributed by atoms with E-state index >= 15 is 0 Å². The highest BCUT2D eigenvalue weighted by atomic mass is 15.6. The minimum Gasteiger partial charge on any atom is -0.276 e. The molecule has 0 saturated carbocycles. The van der Waals surface area contributed by atoms with E-state index in [1.807, 2.05) is 18.9 Å². The lowest BCUT2D eigenvalue weighted by molar-refractivity contribution is -0.145. The summed E-state index contributed by atoms with van der Waals surface area (Å²) in [5.74, 6) is 0. The number of rotatable bonds is 1. The molecule has 0 bridgehead atoms. The van der Waals surface area contributed by atoms with E-state index in [1.165, 1.54) is 0 Å². The molecule has 1 saturated heterocycles. The van der Waals surface area contributed by atoms with Crippen molar-refractivity contribution in [2.24, 2.45) is 5.22 Å². The van der Waals surface area contributed by atoms with Gasteiger partial charge in [0.05, 0.1) is 0 Å². The zero-order valence-corrected chi connectivity index (χ0v) is 7.33. The molecule has 0 aromatic rings. The topological polar surface area (TPSA) is 41.7 Å². The van der Waals surface area contributed by atoms with Crippen molar-refractivity contribution in [1.82, 2.24) is 10.3 Å². The highest BCUT2D eigenvalue weighted by molar-refractivity contribution is 5.72. The van der Waals surface area contributed by atoms with E-state index in [0.717, 1.165) is 18.9 Å². The van der Waals surface area contributed by atoms with Gasteiger partial charge in [0.25, 0.3) is 0 Å². The van der Waals surface area contributed by atoms with Crippen LogP contribution >= 0.6 is 0 Å². The molecule has 1 atom stereocenters. The Morgan fingerprint density at radius 1 is 1.64 bits per heavy atom. The van der Waals surface area contributed by atoms with Crippen LogP contribution in [0.5, 0.6) is 0 Å². The molecule has 0 aliphatic carbocycles. The molecule has 4 nitrogen and oxygen atoms in total. The maximum absolute atomic E-state index is 4.06. The Balaban J connectivity index is 2.55. The second-order valence-corrected chi connectivity index (χ2v) is 3.04. The van der Waals surface area contributed by atoms with Gasteiger partial charge in [-0.1, -0.05) is 4.79 Å². The summed E-state index contributed by atoms with van der Waals surface area (Å²) in [6.45, 7) is 7.83. The Labute approximate surface area is 67.0 Å². The Morgan fingerprint density at radius 3 is 2.82 bits per heavy atom. The Hall–Kier alpha value is -0.860. The summed E-state index contributed by atoms with van der Waals surface area (Å²) in [6, 6.07) is 0.470. The van der Waals surface area contributed by atoms with Crippen molar-refractivity contribution in [3.05, 3.63) is 0 Å². The number of hydrogen-bond donors (Lipinski definition) is 1. The van der Waals surface area contributed by atoms with Crippen LogP contribution in [-0.2, 0) is 0 Å². The minimum atomic E-state index is 0.470. The molecular weight excluding hydrogens is 140 g/mol. The quantitative estimate of drug-likeness (QED) is 0.336. The molecule has 11 heavy (non-hydrogen) atoms. The first-order valence-corrected chi connectivity index (χ1v) is 3.89. The molecule has 1 N–H and O–H groups in total. The maximum atomic E-state index is 4.06. The monoisotopic (exact) mass is 155 g/mol. The molecule has 1 aliphatic rings. The zero-order chi connectivity index (χ0) is 8.27. The molecule has 4 heteroatoms. The first-order chi connectivity index (χ1) is 5.20. The molecule has 62 valence electrons. The van der Waals surface area contributed by atoms with Crippen LogP contribution in [0.2, 0.25) is 0 Å². The molecule has 0 radical (unpaired) electrons. The molecule has 0 aromatic heterocycles. The summed E-state index contributed by atoms with van der Waals surface area (Å²) in [4.78, 5) is 3.98. The fourth-order valence-electron chi connectivity index (χ4n) is 0.916. The fraction of sp³-hybridized carbons (Fsp3) is 0.857. The van der Waals surface area contributed by atoms with Crippen LogP contribution in [0.15, 0.2) is 5.22 Å². The van der Waals surface area contributed by atoms with E-state index in [1.54, 1.807) is 0 Å². The summed E-state index contributed by atoms with van der Waals surface area (Å²) in [5, 5.41) is 9.22. The van der Waals surface area contributed by atoms with Crippen LogP contribution in [0.4, 0.5) is 0 Å². The molecule has 1 heterocycles. The Morgan fingerprint density at radius 2 is 2.36 bits per heavy atom. The molecule has 1 aliphatic heterocycles. The van der Waals surface area contributed by atoms with Gasteiger partial charge in [-0.3, -0.25) is 5.32 Å². The Bertz CT molecular complexity index is 189. The van der Waals surface area contributed by atoms with Crippen molar-refractivity contribution in [3.8, 4) is 0 Å². The average molecular weight is 155 g/mol. The summed E-state index contributed by atoms with van der Waals surface area (Å²) in [6.07, 6.45) is 0. The van der Waals surface area contributed by atoms with E-state index in [9.17, 15) is 0 Å². The lowest BCUT2D eigenvalue weighted by Crippen LogP contribution is -2.22. The van der Waals surface area contributed by atoms with Gasteiger partial charge in [0.1, 0.15) is 6.04 Å². The number of nitrogens with one attached hydrogen (secondary N) is 1. The number of nitrogens with zero attached hydrogens (tertiary/aromatic N) is 3. The largest absolute Gasteiger partial charge is 0.276 e. The van der Waals surface area contributed by atoms with Crippen LogP contribution in [-0.4, -0.2) is 34.8 Å². The summed E-state index contributed by atoms with van der Waals surface area (Å²) in [5.41, 5.74) is 0.990. The van der Waals surface area contributed by atoms with Crippen molar-refractivity contribution in [3.63, 3.8) is 0 Å². The van der Waals surface area contributed by atoms with Gasteiger partial charge in [-0.25, -0.2) is 0 Å². The van der Waals surface area contributed by atoms with Gasteiger partial charge in [-0.2, -0.15) is 0 Å². The van der Waals surface area contributed by atoms with Crippen molar-refractivity contribution < 1.29 is 4.79 Å². The van der Waals surface area contributed by atoms with Gasteiger partial charge in [-0.05, 0) is 6.92 Å². The van der Waals surface area contributed by atoms with Crippen molar-refractivity contribution >= 4 is 5.71 Å². The Kier molecular flexibility index (Phi) is 2.63. The third kappa shape index (κ3) is 2.33. The lowest BCUT2D eigenvalue weighted by atomic mass is 10.4. The molecule has 0 spiro atoms. The SMILES string of the molecule is CC(C)=[N+]=NN1CNCC1C. The van der Waals surface area contributed by atoms with E-state index in [0.29, 0.717) is 6.04 Å². The third-order valence-corrected chi connectivity index (χ3v) is 1.58. The fourth-order valence-corrected chi connectivity index (χ4v) is 0.916. The second-order valence-electron chi connectivity index (χ2n) is 3.04. The van der Waals surface area contributed by atoms with Crippen molar-refractivity contribution in [1.29, 1.82) is 0 Å². The summed E-state index contributed by atoms with van der Waals surface area (Å²) in [7, 11) is 0. The van der Waals surface area contributed by atoms with E-state index in [-0.39, 0.29) is 0 Å².